The number of hydrogen-bond acceptors (Lipinski definition) is 3. The maximum absolute atomic E-state index is 10.5. The standard InChI is InChI=1S/C10H12N2O2/c1-7-6-8(12(13)14)2-3-9(7)10-4-5-11-10/h2-3,6,10-11H,4-5H2,1H3/t10-/m0/s1. The summed E-state index contributed by atoms with van der Waals surface area (Å²) in [5.41, 5.74) is 2.35. The van der Waals surface area contributed by atoms with Crippen molar-refractivity contribution in [3.8, 4) is 0 Å². The number of nitro groups is 1. The first-order chi connectivity index (χ1) is 6.68. The molecule has 14 heavy (non-hydrogen) atoms. The Hall–Kier alpha value is -1.42. The highest BCUT2D eigenvalue weighted by atomic mass is 16.6. The van der Waals surface area contributed by atoms with E-state index in [4.69, 9.17) is 0 Å². The first-order valence-corrected chi connectivity index (χ1v) is 4.67. The van der Waals surface area contributed by atoms with E-state index in [2.05, 4.69) is 5.32 Å². The Kier molecular flexibility index (Phi) is 2.21. The van der Waals surface area contributed by atoms with Gasteiger partial charge in [0.2, 0.25) is 0 Å². The lowest BCUT2D eigenvalue weighted by molar-refractivity contribution is -0.384. The molecular formula is C10H12N2O2. The molecule has 0 spiro atoms. The number of nitrogens with one attached hydrogen (secondary N) is 1. The van der Waals surface area contributed by atoms with Crippen LogP contribution in [0.3, 0.4) is 0 Å². The van der Waals surface area contributed by atoms with E-state index in [-0.39, 0.29) is 10.6 Å². The normalized spacial score (nSPS) is 20.2. The summed E-state index contributed by atoms with van der Waals surface area (Å²) in [7, 11) is 0. The Morgan fingerprint density at radius 2 is 2.29 bits per heavy atom. The molecule has 0 saturated carbocycles. The van der Waals surface area contributed by atoms with E-state index >= 15 is 0 Å². The average Bonchev–Trinajstić information content (AvgIpc) is 2.04. The molecule has 1 saturated heterocycles. The van der Waals surface area contributed by atoms with Crippen LogP contribution in [0.15, 0.2) is 18.2 Å². The van der Waals surface area contributed by atoms with Gasteiger partial charge in [-0.25, -0.2) is 0 Å². The van der Waals surface area contributed by atoms with Crippen molar-refractivity contribution in [1.29, 1.82) is 0 Å². The largest absolute Gasteiger partial charge is 0.310 e. The third kappa shape index (κ3) is 1.48. The van der Waals surface area contributed by atoms with E-state index in [1.165, 1.54) is 5.56 Å². The molecule has 0 unspecified atom stereocenters. The van der Waals surface area contributed by atoms with Gasteiger partial charge in [0.25, 0.3) is 5.69 Å². The van der Waals surface area contributed by atoms with Gasteiger partial charge >= 0.3 is 0 Å². The summed E-state index contributed by atoms with van der Waals surface area (Å²) in [5, 5.41) is 13.8. The number of benzene rings is 1. The Labute approximate surface area is 82.1 Å². The Bertz CT molecular complexity index is 372. The Morgan fingerprint density at radius 1 is 1.57 bits per heavy atom. The number of hydrogen-bond donors (Lipinski definition) is 1. The minimum absolute atomic E-state index is 0.172. The second-order valence-corrected chi connectivity index (χ2v) is 3.59. The van der Waals surface area contributed by atoms with Crippen LogP contribution in [0, 0.1) is 17.0 Å². The van der Waals surface area contributed by atoms with Crippen molar-refractivity contribution in [1.82, 2.24) is 5.32 Å². The lowest BCUT2D eigenvalue weighted by Gasteiger charge is -2.29. The number of nitrogens with zero attached hydrogens (tertiary/aromatic N) is 1. The zero-order valence-corrected chi connectivity index (χ0v) is 7.99. The van der Waals surface area contributed by atoms with E-state index < -0.39 is 0 Å². The van der Waals surface area contributed by atoms with Crippen LogP contribution in [0.25, 0.3) is 0 Å². The summed E-state index contributed by atoms with van der Waals surface area (Å²) in [4.78, 5) is 10.2. The molecular weight excluding hydrogens is 180 g/mol. The summed E-state index contributed by atoms with van der Waals surface area (Å²) in [6.45, 7) is 2.96. The average molecular weight is 192 g/mol. The molecule has 0 amide bonds. The SMILES string of the molecule is Cc1cc([N+](=O)[O-])ccc1[C@@H]1CCN1. The van der Waals surface area contributed by atoms with Crippen molar-refractivity contribution in [3.63, 3.8) is 0 Å². The van der Waals surface area contributed by atoms with Gasteiger partial charge in [-0.3, -0.25) is 10.1 Å². The van der Waals surface area contributed by atoms with Gasteiger partial charge < -0.3 is 5.32 Å². The molecule has 0 radical (unpaired) electrons. The van der Waals surface area contributed by atoms with Gasteiger partial charge in [0.1, 0.15) is 0 Å². The van der Waals surface area contributed by atoms with Crippen molar-refractivity contribution in [2.24, 2.45) is 0 Å². The third-order valence-electron chi connectivity index (χ3n) is 2.66. The van der Waals surface area contributed by atoms with Gasteiger partial charge in [0.05, 0.1) is 4.92 Å². The molecule has 1 fully saturated rings. The fourth-order valence-corrected chi connectivity index (χ4v) is 1.72. The van der Waals surface area contributed by atoms with Crippen LogP contribution < -0.4 is 5.32 Å². The van der Waals surface area contributed by atoms with Gasteiger partial charge in [-0.1, -0.05) is 6.07 Å². The summed E-state index contributed by atoms with van der Waals surface area (Å²) in [6, 6.07) is 5.46. The Balaban J connectivity index is 2.30. The maximum Gasteiger partial charge on any atom is 0.269 e. The number of nitro benzene ring substituents is 1. The molecule has 1 N–H and O–H groups in total. The van der Waals surface area contributed by atoms with Crippen LogP contribution >= 0.6 is 0 Å². The van der Waals surface area contributed by atoms with Gasteiger partial charge in [0, 0.05) is 18.2 Å². The predicted molar refractivity (Wildman–Crippen MR) is 53.2 cm³/mol. The summed E-state index contributed by atoms with van der Waals surface area (Å²) < 4.78 is 0. The predicted octanol–water partition coefficient (Wildman–Crippen LogP) is 1.94. The summed E-state index contributed by atoms with van der Waals surface area (Å²) in [6.07, 6.45) is 1.12. The van der Waals surface area contributed by atoms with Gasteiger partial charge in [-0.2, -0.15) is 0 Å². The molecule has 1 aromatic rings. The molecule has 74 valence electrons. The first kappa shape index (κ1) is 9.15. The minimum Gasteiger partial charge on any atom is -0.310 e. The molecule has 0 bridgehead atoms. The smallest absolute Gasteiger partial charge is 0.269 e. The molecule has 0 aliphatic carbocycles. The van der Waals surface area contributed by atoms with Gasteiger partial charge in [0.15, 0.2) is 0 Å². The van der Waals surface area contributed by atoms with Crippen LogP contribution in [-0.4, -0.2) is 11.5 Å². The van der Waals surface area contributed by atoms with E-state index in [9.17, 15) is 10.1 Å². The lowest BCUT2D eigenvalue weighted by atomic mass is 9.94. The number of aryl methyl sites for hydroxylation is 1. The van der Waals surface area contributed by atoms with Crippen molar-refractivity contribution in [3.05, 3.63) is 39.4 Å². The van der Waals surface area contributed by atoms with Gasteiger partial charge in [-0.15, -0.1) is 0 Å². The molecule has 1 heterocycles. The highest BCUT2D eigenvalue weighted by Gasteiger charge is 2.21. The van der Waals surface area contributed by atoms with Crippen molar-refractivity contribution in [2.75, 3.05) is 6.54 Å². The molecule has 1 aromatic carbocycles. The highest BCUT2D eigenvalue weighted by Crippen LogP contribution is 2.27. The quantitative estimate of drug-likeness (QED) is 0.575. The second kappa shape index (κ2) is 3.38. The van der Waals surface area contributed by atoms with Crippen LogP contribution in [0.4, 0.5) is 5.69 Å². The maximum atomic E-state index is 10.5. The van der Waals surface area contributed by atoms with Crippen molar-refractivity contribution < 1.29 is 4.92 Å². The summed E-state index contributed by atoms with van der Waals surface area (Å²) in [5.74, 6) is 0. The van der Waals surface area contributed by atoms with Crippen molar-refractivity contribution in [2.45, 2.75) is 19.4 Å². The van der Waals surface area contributed by atoms with Crippen LogP contribution in [0.2, 0.25) is 0 Å². The fraction of sp³-hybridized carbons (Fsp3) is 0.400. The first-order valence-electron chi connectivity index (χ1n) is 4.67. The van der Waals surface area contributed by atoms with Crippen LogP contribution in [0.5, 0.6) is 0 Å². The second-order valence-electron chi connectivity index (χ2n) is 3.59. The zero-order valence-electron chi connectivity index (χ0n) is 7.99. The monoisotopic (exact) mass is 192 g/mol. The molecule has 2 rings (SSSR count). The van der Waals surface area contributed by atoms with E-state index in [1.807, 2.05) is 13.0 Å². The van der Waals surface area contributed by atoms with Crippen molar-refractivity contribution >= 4 is 5.69 Å². The molecule has 1 aliphatic rings. The molecule has 1 atom stereocenters. The lowest BCUT2D eigenvalue weighted by Crippen LogP contribution is -2.35. The third-order valence-corrected chi connectivity index (χ3v) is 2.66. The zero-order chi connectivity index (χ0) is 10.1. The molecule has 4 heteroatoms. The van der Waals surface area contributed by atoms with E-state index in [0.717, 1.165) is 18.5 Å². The fourth-order valence-electron chi connectivity index (χ4n) is 1.72. The van der Waals surface area contributed by atoms with Gasteiger partial charge in [-0.05, 0) is 31.0 Å². The van der Waals surface area contributed by atoms with E-state index in [1.54, 1.807) is 12.1 Å². The Morgan fingerprint density at radius 3 is 2.71 bits per heavy atom. The highest BCUT2D eigenvalue weighted by molar-refractivity contribution is 5.41. The number of non-ortho nitro benzene ring substituents is 1. The molecule has 4 nitrogen and oxygen atoms in total. The topological polar surface area (TPSA) is 55.2 Å². The van der Waals surface area contributed by atoms with Crippen LogP contribution in [-0.2, 0) is 0 Å². The summed E-state index contributed by atoms with van der Waals surface area (Å²) >= 11 is 0. The number of rotatable bonds is 2. The van der Waals surface area contributed by atoms with E-state index in [0.29, 0.717) is 6.04 Å². The minimum atomic E-state index is -0.356. The molecule has 1 aliphatic heterocycles. The van der Waals surface area contributed by atoms with Crippen LogP contribution in [0.1, 0.15) is 23.6 Å². The molecule has 0 aromatic heterocycles.